The van der Waals surface area contributed by atoms with Gasteiger partial charge in [-0.1, -0.05) is 0 Å². The average molecular weight is 252 g/mol. The molecule has 0 amide bonds. The van der Waals surface area contributed by atoms with Crippen LogP contribution in [0.1, 0.15) is 37.3 Å². The summed E-state index contributed by atoms with van der Waals surface area (Å²) in [5, 5.41) is 13.3. The number of aliphatic hydroxyl groups is 1. The Bertz CT molecular complexity index is 358. The fourth-order valence-electron chi connectivity index (χ4n) is 2.43. The zero-order chi connectivity index (χ0) is 13.0. The first kappa shape index (κ1) is 13.6. The summed E-state index contributed by atoms with van der Waals surface area (Å²) in [6.07, 6.45) is 2.23. The van der Waals surface area contributed by atoms with E-state index in [2.05, 4.69) is 17.1 Å². The molecule has 1 aliphatic heterocycles. The van der Waals surface area contributed by atoms with Crippen LogP contribution in [-0.2, 0) is 0 Å². The summed E-state index contributed by atoms with van der Waals surface area (Å²) < 4.78 is 5.56. The van der Waals surface area contributed by atoms with Crippen molar-refractivity contribution < 1.29 is 9.52 Å². The summed E-state index contributed by atoms with van der Waals surface area (Å²) >= 11 is 0. The highest BCUT2D eigenvalue weighted by atomic mass is 16.3. The van der Waals surface area contributed by atoms with E-state index in [1.807, 2.05) is 19.1 Å². The highest BCUT2D eigenvalue weighted by molar-refractivity contribution is 5.08. The van der Waals surface area contributed by atoms with E-state index in [9.17, 15) is 5.11 Å². The smallest absolute Gasteiger partial charge is 0.120 e. The normalized spacial score (nSPS) is 20.2. The zero-order valence-electron chi connectivity index (χ0n) is 11.4. The van der Waals surface area contributed by atoms with Crippen molar-refractivity contribution >= 4 is 0 Å². The summed E-state index contributed by atoms with van der Waals surface area (Å²) in [6.45, 7) is 7.64. The first-order valence-corrected chi connectivity index (χ1v) is 6.85. The van der Waals surface area contributed by atoms with Gasteiger partial charge in [0.2, 0.25) is 0 Å². The highest BCUT2D eigenvalue weighted by Gasteiger charge is 2.17. The summed E-state index contributed by atoms with van der Waals surface area (Å²) in [6, 6.07) is 4.10. The Morgan fingerprint density at radius 1 is 1.39 bits per heavy atom. The van der Waals surface area contributed by atoms with E-state index < -0.39 is 0 Å². The quantitative estimate of drug-likeness (QED) is 0.809. The fraction of sp³-hybridized carbons (Fsp3) is 0.714. The molecular formula is C14H24N2O2. The van der Waals surface area contributed by atoms with E-state index in [0.29, 0.717) is 6.54 Å². The predicted octanol–water partition coefficient (Wildman–Crippen LogP) is 1.70. The van der Waals surface area contributed by atoms with Gasteiger partial charge in [0.25, 0.3) is 0 Å². The second-order valence-electron chi connectivity index (χ2n) is 5.24. The lowest BCUT2D eigenvalue weighted by molar-refractivity contribution is 0.120. The number of furan rings is 1. The van der Waals surface area contributed by atoms with Crippen molar-refractivity contribution in [3.05, 3.63) is 23.7 Å². The van der Waals surface area contributed by atoms with Gasteiger partial charge >= 0.3 is 0 Å². The number of likely N-dealkylation sites (tertiary alicyclic amines) is 1. The topological polar surface area (TPSA) is 48.6 Å². The van der Waals surface area contributed by atoms with Gasteiger partial charge < -0.3 is 19.7 Å². The molecular weight excluding hydrogens is 228 g/mol. The molecule has 1 fully saturated rings. The average Bonchev–Trinajstić information content (AvgIpc) is 2.97. The van der Waals surface area contributed by atoms with E-state index in [1.54, 1.807) is 0 Å². The second-order valence-corrected chi connectivity index (χ2v) is 5.24. The number of aliphatic hydroxyl groups excluding tert-OH is 1. The number of nitrogens with one attached hydrogen (secondary N) is 1. The largest absolute Gasteiger partial charge is 0.465 e. The van der Waals surface area contributed by atoms with Gasteiger partial charge in [0.1, 0.15) is 11.5 Å². The Kier molecular flexibility index (Phi) is 4.80. The predicted molar refractivity (Wildman–Crippen MR) is 71.5 cm³/mol. The van der Waals surface area contributed by atoms with Crippen LogP contribution in [0.25, 0.3) is 0 Å². The van der Waals surface area contributed by atoms with Crippen LogP contribution in [0.3, 0.4) is 0 Å². The van der Waals surface area contributed by atoms with Gasteiger partial charge in [-0.2, -0.15) is 0 Å². The summed E-state index contributed by atoms with van der Waals surface area (Å²) in [5.41, 5.74) is 0. The Hall–Kier alpha value is -0.840. The summed E-state index contributed by atoms with van der Waals surface area (Å²) in [7, 11) is 0. The molecule has 1 aliphatic rings. The first-order chi connectivity index (χ1) is 8.65. The number of nitrogens with zero attached hydrogens (tertiary/aromatic N) is 1. The number of β-amino-alcohol motifs (C(OH)–C–C–N with tert-alkyl or cyclic N) is 1. The maximum atomic E-state index is 9.98. The van der Waals surface area contributed by atoms with Crippen LogP contribution in [0.4, 0.5) is 0 Å². The molecule has 1 aromatic rings. The molecule has 4 heteroatoms. The van der Waals surface area contributed by atoms with Crippen molar-refractivity contribution in [2.24, 2.45) is 0 Å². The Morgan fingerprint density at radius 2 is 2.11 bits per heavy atom. The molecule has 4 nitrogen and oxygen atoms in total. The molecule has 0 bridgehead atoms. The van der Waals surface area contributed by atoms with Gasteiger partial charge in [-0.05, 0) is 51.9 Å². The van der Waals surface area contributed by atoms with Gasteiger partial charge in [0, 0.05) is 13.1 Å². The van der Waals surface area contributed by atoms with Gasteiger partial charge in [0.05, 0.1) is 12.1 Å². The fourth-order valence-corrected chi connectivity index (χ4v) is 2.43. The molecule has 0 radical (unpaired) electrons. The maximum Gasteiger partial charge on any atom is 0.120 e. The summed E-state index contributed by atoms with van der Waals surface area (Å²) in [5.74, 6) is 1.86. The Labute approximate surface area is 109 Å². The third kappa shape index (κ3) is 3.83. The van der Waals surface area contributed by atoms with Gasteiger partial charge in [-0.25, -0.2) is 0 Å². The summed E-state index contributed by atoms with van der Waals surface area (Å²) in [4.78, 5) is 2.33. The third-order valence-electron chi connectivity index (χ3n) is 3.52. The number of aryl methyl sites for hydroxylation is 1. The van der Waals surface area contributed by atoms with E-state index in [1.165, 1.54) is 12.8 Å². The molecule has 0 aromatic carbocycles. The van der Waals surface area contributed by atoms with Crippen molar-refractivity contribution in [2.45, 2.75) is 38.8 Å². The second kappa shape index (κ2) is 6.36. The minimum atomic E-state index is -0.304. The molecule has 102 valence electrons. The van der Waals surface area contributed by atoms with Gasteiger partial charge in [0.15, 0.2) is 0 Å². The van der Waals surface area contributed by atoms with Crippen LogP contribution in [0.2, 0.25) is 0 Å². The Balaban J connectivity index is 1.70. The number of hydrogen-bond acceptors (Lipinski definition) is 4. The highest BCUT2D eigenvalue weighted by Crippen LogP contribution is 2.15. The van der Waals surface area contributed by atoms with Crippen LogP contribution in [0, 0.1) is 6.92 Å². The molecule has 18 heavy (non-hydrogen) atoms. The number of hydrogen-bond donors (Lipinski definition) is 2. The number of rotatable bonds is 6. The van der Waals surface area contributed by atoms with Crippen molar-refractivity contribution in [1.29, 1.82) is 0 Å². The SMILES string of the molecule is Cc1ccc(C(C)NCC(O)CN2CCCC2)o1. The monoisotopic (exact) mass is 252 g/mol. The van der Waals surface area contributed by atoms with Crippen molar-refractivity contribution in [1.82, 2.24) is 10.2 Å². The first-order valence-electron chi connectivity index (χ1n) is 6.85. The van der Waals surface area contributed by atoms with Crippen molar-refractivity contribution in [3.8, 4) is 0 Å². The Morgan fingerprint density at radius 3 is 2.72 bits per heavy atom. The molecule has 0 saturated carbocycles. The molecule has 2 atom stereocenters. The molecule has 0 spiro atoms. The standard InChI is InChI=1S/C14H24N2O2/c1-11-5-6-14(18-11)12(2)15-9-13(17)10-16-7-3-4-8-16/h5-6,12-13,15,17H,3-4,7-10H2,1-2H3. The molecule has 1 saturated heterocycles. The third-order valence-corrected chi connectivity index (χ3v) is 3.52. The lowest BCUT2D eigenvalue weighted by Gasteiger charge is -2.21. The van der Waals surface area contributed by atoms with Crippen LogP contribution >= 0.6 is 0 Å². The minimum absolute atomic E-state index is 0.145. The van der Waals surface area contributed by atoms with E-state index in [0.717, 1.165) is 31.2 Å². The molecule has 2 unspecified atom stereocenters. The molecule has 2 rings (SSSR count). The van der Waals surface area contributed by atoms with Crippen molar-refractivity contribution in [3.63, 3.8) is 0 Å². The molecule has 2 N–H and O–H groups in total. The van der Waals surface area contributed by atoms with Crippen LogP contribution in [0.5, 0.6) is 0 Å². The minimum Gasteiger partial charge on any atom is -0.465 e. The maximum absolute atomic E-state index is 9.98. The molecule has 2 heterocycles. The van der Waals surface area contributed by atoms with Crippen LogP contribution in [-0.4, -0.2) is 42.3 Å². The van der Waals surface area contributed by atoms with Crippen LogP contribution in [0.15, 0.2) is 16.5 Å². The molecule has 0 aliphatic carbocycles. The van der Waals surface area contributed by atoms with E-state index in [4.69, 9.17) is 4.42 Å². The van der Waals surface area contributed by atoms with Crippen molar-refractivity contribution in [2.75, 3.05) is 26.2 Å². The lowest BCUT2D eigenvalue weighted by atomic mass is 10.2. The zero-order valence-corrected chi connectivity index (χ0v) is 11.4. The van der Waals surface area contributed by atoms with Gasteiger partial charge in [-0.15, -0.1) is 0 Å². The van der Waals surface area contributed by atoms with E-state index in [-0.39, 0.29) is 12.1 Å². The van der Waals surface area contributed by atoms with E-state index >= 15 is 0 Å². The lowest BCUT2D eigenvalue weighted by Crippen LogP contribution is -2.37. The molecule has 1 aromatic heterocycles. The van der Waals surface area contributed by atoms with Gasteiger partial charge in [-0.3, -0.25) is 0 Å². The van der Waals surface area contributed by atoms with Crippen LogP contribution < -0.4 is 5.32 Å².